The lowest BCUT2D eigenvalue weighted by Crippen LogP contribution is -2.00. The number of aromatic amines is 1. The Kier molecular flexibility index (Phi) is 5.06. The van der Waals surface area contributed by atoms with Gasteiger partial charge in [-0.3, -0.25) is 5.10 Å². The van der Waals surface area contributed by atoms with Gasteiger partial charge in [0.15, 0.2) is 0 Å². The van der Waals surface area contributed by atoms with E-state index in [1.165, 1.54) is 0 Å². The number of para-hydroxylation sites is 1. The number of H-pyrrole nitrogens is 1. The van der Waals surface area contributed by atoms with E-state index in [1.807, 2.05) is 31.2 Å². The van der Waals surface area contributed by atoms with E-state index in [1.54, 1.807) is 10.9 Å². The van der Waals surface area contributed by atoms with Gasteiger partial charge in [-0.15, -0.1) is 0 Å². The van der Waals surface area contributed by atoms with Crippen LogP contribution in [0.3, 0.4) is 0 Å². The van der Waals surface area contributed by atoms with Crippen LogP contribution in [0.2, 0.25) is 0 Å². The summed E-state index contributed by atoms with van der Waals surface area (Å²) >= 11 is 5.11. The maximum absolute atomic E-state index is 5.76. The Hall–Kier alpha value is -1.95. The normalized spacial score (nSPS) is 11.1. The number of aromatic nitrogens is 3. The molecule has 1 aromatic heterocycles. The Morgan fingerprint density at radius 1 is 1.45 bits per heavy atom. The lowest BCUT2D eigenvalue weighted by Gasteiger charge is -2.07. The number of nitrogens with zero attached hydrogens (tertiary/aromatic N) is 3. The SMILES string of the molecule is CCCCOc1ccccc1/C=N/n1c(C)n[nH]c1=S. The van der Waals surface area contributed by atoms with Gasteiger partial charge in [0, 0.05) is 5.56 Å². The summed E-state index contributed by atoms with van der Waals surface area (Å²) in [5.74, 6) is 1.55. The summed E-state index contributed by atoms with van der Waals surface area (Å²) in [5, 5.41) is 11.1. The minimum atomic E-state index is 0.475. The van der Waals surface area contributed by atoms with Crippen molar-refractivity contribution in [1.82, 2.24) is 14.9 Å². The quantitative estimate of drug-likeness (QED) is 0.504. The van der Waals surface area contributed by atoms with Crippen molar-refractivity contribution >= 4 is 18.4 Å². The molecule has 1 heterocycles. The highest BCUT2D eigenvalue weighted by Gasteiger charge is 2.01. The molecule has 20 heavy (non-hydrogen) atoms. The molecule has 0 aliphatic rings. The predicted molar refractivity (Wildman–Crippen MR) is 82.0 cm³/mol. The maximum atomic E-state index is 5.76. The van der Waals surface area contributed by atoms with Gasteiger partial charge in [0.25, 0.3) is 0 Å². The number of rotatable bonds is 6. The molecule has 1 aromatic carbocycles. The van der Waals surface area contributed by atoms with Gasteiger partial charge < -0.3 is 4.74 Å². The third-order valence-electron chi connectivity index (χ3n) is 2.80. The second-order valence-corrected chi connectivity index (χ2v) is 4.76. The van der Waals surface area contributed by atoms with Gasteiger partial charge in [-0.1, -0.05) is 25.5 Å². The molecule has 5 nitrogen and oxygen atoms in total. The van der Waals surface area contributed by atoms with E-state index in [2.05, 4.69) is 22.2 Å². The third-order valence-corrected chi connectivity index (χ3v) is 3.06. The lowest BCUT2D eigenvalue weighted by atomic mass is 10.2. The number of nitrogens with one attached hydrogen (secondary N) is 1. The van der Waals surface area contributed by atoms with E-state index < -0.39 is 0 Å². The Morgan fingerprint density at radius 3 is 2.95 bits per heavy atom. The van der Waals surface area contributed by atoms with Gasteiger partial charge in [-0.2, -0.15) is 14.9 Å². The number of benzene rings is 1. The fraction of sp³-hybridized carbons (Fsp3) is 0.357. The number of hydrogen-bond acceptors (Lipinski definition) is 4. The predicted octanol–water partition coefficient (Wildman–Crippen LogP) is 3.31. The molecular formula is C14H18N4OS. The topological polar surface area (TPSA) is 55.2 Å². The zero-order valence-corrected chi connectivity index (χ0v) is 12.5. The summed E-state index contributed by atoms with van der Waals surface area (Å²) in [6.07, 6.45) is 3.89. The van der Waals surface area contributed by atoms with Gasteiger partial charge >= 0.3 is 0 Å². The highest BCUT2D eigenvalue weighted by atomic mass is 32.1. The Bertz CT molecular complexity index is 645. The molecule has 0 spiro atoms. The van der Waals surface area contributed by atoms with Crippen LogP contribution in [0.25, 0.3) is 0 Å². The van der Waals surface area contributed by atoms with Crippen LogP contribution in [0.4, 0.5) is 0 Å². The molecule has 0 amide bonds. The molecule has 0 aliphatic heterocycles. The number of unbranched alkanes of at least 4 members (excludes halogenated alkanes) is 1. The van der Waals surface area contributed by atoms with Gasteiger partial charge in [-0.25, -0.2) is 0 Å². The van der Waals surface area contributed by atoms with Crippen molar-refractivity contribution in [1.29, 1.82) is 0 Å². The average Bonchev–Trinajstić information content (AvgIpc) is 2.77. The van der Waals surface area contributed by atoms with Crippen molar-refractivity contribution in [3.63, 3.8) is 0 Å². The first kappa shape index (κ1) is 14.5. The van der Waals surface area contributed by atoms with E-state index in [0.717, 1.165) is 30.0 Å². The van der Waals surface area contributed by atoms with Gasteiger partial charge in [0.2, 0.25) is 4.77 Å². The van der Waals surface area contributed by atoms with Crippen LogP contribution < -0.4 is 4.74 Å². The van der Waals surface area contributed by atoms with Crippen LogP contribution in [0.5, 0.6) is 5.75 Å². The number of ether oxygens (including phenoxy) is 1. The van der Waals surface area contributed by atoms with E-state index in [-0.39, 0.29) is 0 Å². The van der Waals surface area contributed by atoms with Crippen LogP contribution >= 0.6 is 12.2 Å². The first-order valence-corrected chi connectivity index (χ1v) is 7.03. The second kappa shape index (κ2) is 7.00. The summed E-state index contributed by atoms with van der Waals surface area (Å²) < 4.78 is 7.81. The zero-order chi connectivity index (χ0) is 14.4. The first-order valence-electron chi connectivity index (χ1n) is 6.62. The largest absolute Gasteiger partial charge is 0.493 e. The van der Waals surface area contributed by atoms with E-state index in [0.29, 0.717) is 11.4 Å². The smallest absolute Gasteiger partial charge is 0.216 e. The van der Waals surface area contributed by atoms with E-state index in [9.17, 15) is 0 Å². The molecule has 0 unspecified atom stereocenters. The molecule has 106 valence electrons. The fourth-order valence-corrected chi connectivity index (χ4v) is 1.90. The summed E-state index contributed by atoms with van der Waals surface area (Å²) in [5.41, 5.74) is 0.922. The summed E-state index contributed by atoms with van der Waals surface area (Å²) in [6.45, 7) is 4.69. The lowest BCUT2D eigenvalue weighted by molar-refractivity contribution is 0.309. The number of hydrogen-bond donors (Lipinski definition) is 1. The van der Waals surface area contributed by atoms with Crippen molar-refractivity contribution in [3.05, 3.63) is 40.4 Å². The van der Waals surface area contributed by atoms with Crippen LogP contribution in [-0.4, -0.2) is 27.7 Å². The molecule has 0 saturated carbocycles. The Labute approximate surface area is 123 Å². The fourth-order valence-electron chi connectivity index (χ4n) is 1.67. The molecule has 0 saturated heterocycles. The molecular weight excluding hydrogens is 272 g/mol. The second-order valence-electron chi connectivity index (χ2n) is 4.37. The van der Waals surface area contributed by atoms with Crippen molar-refractivity contribution in [2.45, 2.75) is 26.7 Å². The maximum Gasteiger partial charge on any atom is 0.216 e. The molecule has 0 aliphatic carbocycles. The molecule has 2 rings (SSSR count). The van der Waals surface area contributed by atoms with E-state index >= 15 is 0 Å². The summed E-state index contributed by atoms with van der Waals surface area (Å²) in [6, 6.07) is 7.81. The van der Waals surface area contributed by atoms with Crippen LogP contribution in [0, 0.1) is 11.7 Å². The van der Waals surface area contributed by atoms with Crippen LogP contribution in [0.1, 0.15) is 31.2 Å². The average molecular weight is 290 g/mol. The Morgan fingerprint density at radius 2 is 2.25 bits per heavy atom. The number of aryl methyl sites for hydroxylation is 1. The third kappa shape index (κ3) is 3.54. The molecule has 1 N–H and O–H groups in total. The van der Waals surface area contributed by atoms with Crippen molar-refractivity contribution in [2.75, 3.05) is 6.61 Å². The Balaban J connectivity index is 2.19. The minimum Gasteiger partial charge on any atom is -0.493 e. The molecule has 0 radical (unpaired) electrons. The highest BCUT2D eigenvalue weighted by Crippen LogP contribution is 2.16. The monoisotopic (exact) mass is 290 g/mol. The van der Waals surface area contributed by atoms with Crippen LogP contribution in [0.15, 0.2) is 29.4 Å². The molecule has 6 heteroatoms. The standard InChI is InChI=1S/C14H18N4OS/c1-3-4-9-19-13-8-6-5-7-12(13)10-15-18-11(2)16-17-14(18)20/h5-8,10H,3-4,9H2,1-2H3,(H,17,20)/b15-10+. The molecule has 0 fully saturated rings. The molecule has 0 atom stereocenters. The van der Waals surface area contributed by atoms with Crippen molar-refractivity contribution < 1.29 is 4.74 Å². The van der Waals surface area contributed by atoms with Gasteiger partial charge in [-0.05, 0) is 37.7 Å². The zero-order valence-electron chi connectivity index (χ0n) is 11.7. The molecule has 0 bridgehead atoms. The molecule has 2 aromatic rings. The highest BCUT2D eigenvalue weighted by molar-refractivity contribution is 7.71. The van der Waals surface area contributed by atoms with Gasteiger partial charge in [0.1, 0.15) is 11.6 Å². The summed E-state index contributed by atoms with van der Waals surface area (Å²) in [7, 11) is 0. The van der Waals surface area contributed by atoms with Crippen LogP contribution in [-0.2, 0) is 0 Å². The van der Waals surface area contributed by atoms with E-state index in [4.69, 9.17) is 17.0 Å². The summed E-state index contributed by atoms with van der Waals surface area (Å²) in [4.78, 5) is 0. The first-order chi connectivity index (χ1) is 9.72. The van der Waals surface area contributed by atoms with Gasteiger partial charge in [0.05, 0.1) is 12.8 Å². The minimum absolute atomic E-state index is 0.475. The van der Waals surface area contributed by atoms with Crippen molar-refractivity contribution in [3.8, 4) is 5.75 Å². The van der Waals surface area contributed by atoms with Crippen molar-refractivity contribution in [2.24, 2.45) is 5.10 Å².